The Morgan fingerprint density at radius 2 is 2.08 bits per heavy atom. The zero-order chi connectivity index (χ0) is 9.10. The summed E-state index contributed by atoms with van der Waals surface area (Å²) in [6.45, 7) is 0.761. The molecule has 0 saturated carbocycles. The summed E-state index contributed by atoms with van der Waals surface area (Å²) < 4.78 is 0. The molecule has 0 aliphatic carbocycles. The van der Waals surface area contributed by atoms with Gasteiger partial charge in [-0.3, -0.25) is 4.90 Å². The molecule has 2 rings (SSSR count). The van der Waals surface area contributed by atoms with Crippen molar-refractivity contribution in [3.63, 3.8) is 0 Å². The summed E-state index contributed by atoms with van der Waals surface area (Å²) >= 11 is 0. The third-order valence-corrected chi connectivity index (χ3v) is 1.92. The molecule has 0 saturated heterocycles. The Hall–Kier alpha value is -1.39. The standard InChI is InChI=1S/C9H11N3O/c13-12-7-10-6-11(8-12)9-4-2-1-3-5-9/h1-6,12H,7-8H2. The largest absolute Gasteiger partial charge is 0.632 e. The van der Waals surface area contributed by atoms with Crippen LogP contribution in [0, 0.1) is 5.21 Å². The minimum Gasteiger partial charge on any atom is -0.632 e. The highest BCUT2D eigenvalue weighted by Crippen LogP contribution is 2.10. The third-order valence-electron chi connectivity index (χ3n) is 1.92. The predicted molar refractivity (Wildman–Crippen MR) is 51.5 cm³/mol. The molecule has 0 bridgehead atoms. The van der Waals surface area contributed by atoms with Crippen molar-refractivity contribution in [1.29, 1.82) is 0 Å². The van der Waals surface area contributed by atoms with Crippen LogP contribution >= 0.6 is 0 Å². The lowest BCUT2D eigenvalue weighted by Crippen LogP contribution is -3.09. The van der Waals surface area contributed by atoms with Gasteiger partial charge in [0.25, 0.3) is 0 Å². The fourth-order valence-corrected chi connectivity index (χ4v) is 1.30. The van der Waals surface area contributed by atoms with Crippen LogP contribution in [0.2, 0.25) is 0 Å². The summed E-state index contributed by atoms with van der Waals surface area (Å²) in [6, 6.07) is 9.77. The van der Waals surface area contributed by atoms with Gasteiger partial charge >= 0.3 is 0 Å². The summed E-state index contributed by atoms with van der Waals surface area (Å²) in [4.78, 5) is 5.82. The van der Waals surface area contributed by atoms with Crippen LogP contribution in [-0.2, 0) is 0 Å². The van der Waals surface area contributed by atoms with Crippen LogP contribution in [0.1, 0.15) is 0 Å². The lowest BCUT2D eigenvalue weighted by atomic mass is 10.3. The first-order valence-corrected chi connectivity index (χ1v) is 4.19. The SMILES string of the molecule is [O-][NH+]1CN=CN(c2ccccc2)C1. The van der Waals surface area contributed by atoms with Crippen LogP contribution in [0.25, 0.3) is 0 Å². The van der Waals surface area contributed by atoms with E-state index in [4.69, 9.17) is 0 Å². The topological polar surface area (TPSA) is 43.1 Å². The van der Waals surface area contributed by atoms with Crippen molar-refractivity contribution in [2.45, 2.75) is 0 Å². The average molecular weight is 177 g/mol. The smallest absolute Gasteiger partial charge is 0.173 e. The highest BCUT2D eigenvalue weighted by molar-refractivity contribution is 5.78. The van der Waals surface area contributed by atoms with Crippen molar-refractivity contribution in [3.05, 3.63) is 35.5 Å². The van der Waals surface area contributed by atoms with Crippen molar-refractivity contribution in [2.24, 2.45) is 4.99 Å². The van der Waals surface area contributed by atoms with Crippen molar-refractivity contribution < 1.29 is 5.06 Å². The van der Waals surface area contributed by atoms with Gasteiger partial charge < -0.3 is 10.3 Å². The molecule has 68 valence electrons. The van der Waals surface area contributed by atoms with Gasteiger partial charge in [0.2, 0.25) is 0 Å². The van der Waals surface area contributed by atoms with Gasteiger partial charge in [-0.15, -0.1) is 0 Å². The minimum atomic E-state index is 0.159. The normalized spacial score (nSPS) is 21.9. The predicted octanol–water partition coefficient (Wildman–Crippen LogP) is -0.167. The molecule has 4 nitrogen and oxygen atoms in total. The Balaban J connectivity index is 2.18. The second-order valence-corrected chi connectivity index (χ2v) is 2.96. The lowest BCUT2D eigenvalue weighted by Gasteiger charge is -2.30. The molecule has 1 heterocycles. The Bertz CT molecular complexity index is 299. The molecule has 0 amide bonds. The maximum atomic E-state index is 11.1. The zero-order valence-electron chi connectivity index (χ0n) is 7.18. The number of quaternary nitrogens is 1. The summed E-state index contributed by atoms with van der Waals surface area (Å²) in [5, 5.41) is 11.3. The number of anilines is 1. The Morgan fingerprint density at radius 3 is 2.77 bits per heavy atom. The number of para-hydroxylation sites is 1. The number of aliphatic imine (C=N–C) groups is 1. The third kappa shape index (κ3) is 1.85. The second-order valence-electron chi connectivity index (χ2n) is 2.96. The van der Waals surface area contributed by atoms with Gasteiger partial charge in [0, 0.05) is 5.69 Å². The monoisotopic (exact) mass is 177 g/mol. The molecule has 4 heteroatoms. The van der Waals surface area contributed by atoms with E-state index in [9.17, 15) is 5.21 Å². The van der Waals surface area contributed by atoms with Crippen molar-refractivity contribution in [3.8, 4) is 0 Å². The molecule has 13 heavy (non-hydrogen) atoms. The molecule has 1 aromatic carbocycles. The van der Waals surface area contributed by atoms with E-state index in [1.165, 1.54) is 0 Å². The van der Waals surface area contributed by atoms with Gasteiger partial charge in [0.1, 0.15) is 6.34 Å². The highest BCUT2D eigenvalue weighted by Gasteiger charge is 2.10. The maximum absolute atomic E-state index is 11.1. The van der Waals surface area contributed by atoms with E-state index in [1.807, 2.05) is 35.2 Å². The molecular weight excluding hydrogens is 166 g/mol. The lowest BCUT2D eigenvalue weighted by molar-refractivity contribution is -0.847. The van der Waals surface area contributed by atoms with Gasteiger partial charge in [-0.25, -0.2) is 4.99 Å². The fourth-order valence-electron chi connectivity index (χ4n) is 1.30. The van der Waals surface area contributed by atoms with Gasteiger partial charge in [-0.2, -0.15) is 0 Å². The van der Waals surface area contributed by atoms with Crippen LogP contribution in [0.4, 0.5) is 5.69 Å². The van der Waals surface area contributed by atoms with E-state index in [2.05, 4.69) is 4.99 Å². The quantitative estimate of drug-likeness (QED) is 0.605. The summed E-state index contributed by atoms with van der Waals surface area (Å²) in [6.07, 6.45) is 1.72. The molecule has 0 spiro atoms. The Kier molecular flexibility index (Phi) is 2.25. The molecule has 1 aliphatic heterocycles. The van der Waals surface area contributed by atoms with Crippen molar-refractivity contribution in [1.82, 2.24) is 0 Å². The highest BCUT2D eigenvalue weighted by atomic mass is 16.5. The van der Waals surface area contributed by atoms with Gasteiger partial charge in [-0.05, 0) is 12.1 Å². The molecule has 1 atom stereocenters. The zero-order valence-corrected chi connectivity index (χ0v) is 7.18. The molecule has 1 aliphatic rings. The number of rotatable bonds is 1. The summed E-state index contributed by atoms with van der Waals surface area (Å²) in [5.41, 5.74) is 1.01. The molecule has 1 N–H and O–H groups in total. The van der Waals surface area contributed by atoms with E-state index >= 15 is 0 Å². The first-order valence-electron chi connectivity index (χ1n) is 4.19. The van der Waals surface area contributed by atoms with Crippen LogP contribution in [0.5, 0.6) is 0 Å². The number of nitrogens with one attached hydrogen (secondary N) is 1. The van der Waals surface area contributed by atoms with Crippen LogP contribution < -0.4 is 9.96 Å². The molecule has 0 aromatic heterocycles. The minimum absolute atomic E-state index is 0.159. The number of hydroxylamine groups is 2. The van der Waals surface area contributed by atoms with E-state index in [-0.39, 0.29) is 5.06 Å². The molecule has 0 radical (unpaired) electrons. The van der Waals surface area contributed by atoms with Crippen molar-refractivity contribution in [2.75, 3.05) is 18.2 Å². The second kappa shape index (κ2) is 3.55. The van der Waals surface area contributed by atoms with Crippen LogP contribution in [0.3, 0.4) is 0 Å². The van der Waals surface area contributed by atoms with E-state index in [0.717, 1.165) is 5.69 Å². The first-order chi connectivity index (χ1) is 6.36. The van der Waals surface area contributed by atoms with E-state index in [0.29, 0.717) is 13.3 Å². The Morgan fingerprint density at radius 1 is 1.31 bits per heavy atom. The number of nitrogens with zero attached hydrogens (tertiary/aromatic N) is 2. The average Bonchev–Trinajstić information content (AvgIpc) is 2.19. The molecule has 0 fully saturated rings. The van der Waals surface area contributed by atoms with Crippen LogP contribution in [-0.4, -0.2) is 19.7 Å². The van der Waals surface area contributed by atoms with Gasteiger partial charge in [0.05, 0.1) is 0 Å². The maximum Gasteiger partial charge on any atom is 0.173 e. The fraction of sp³-hybridized carbons (Fsp3) is 0.222. The molecule has 1 aromatic rings. The van der Waals surface area contributed by atoms with Crippen molar-refractivity contribution >= 4 is 12.0 Å². The van der Waals surface area contributed by atoms with Crippen LogP contribution in [0.15, 0.2) is 35.3 Å². The molecule has 1 unspecified atom stereocenters. The molecular formula is C9H11N3O. The number of hydrogen-bond donors (Lipinski definition) is 1. The Labute approximate surface area is 76.7 Å². The van der Waals surface area contributed by atoms with Gasteiger partial charge in [-0.1, -0.05) is 18.2 Å². The van der Waals surface area contributed by atoms with Gasteiger partial charge in [0.15, 0.2) is 13.3 Å². The first kappa shape index (κ1) is 8.22. The number of benzene rings is 1. The number of hydrogen-bond acceptors (Lipinski definition) is 3. The van der Waals surface area contributed by atoms with E-state index in [1.54, 1.807) is 6.34 Å². The summed E-state index contributed by atoms with van der Waals surface area (Å²) in [5.74, 6) is 0. The van der Waals surface area contributed by atoms with E-state index < -0.39 is 0 Å². The summed E-state index contributed by atoms with van der Waals surface area (Å²) in [7, 11) is 0.